The summed E-state index contributed by atoms with van der Waals surface area (Å²) < 4.78 is 0. The molecule has 1 nitrogen and oxygen atoms in total. The van der Waals surface area contributed by atoms with Gasteiger partial charge in [0.2, 0.25) is 0 Å². The van der Waals surface area contributed by atoms with E-state index in [0.717, 1.165) is 0 Å². The van der Waals surface area contributed by atoms with Crippen molar-refractivity contribution >= 4 is 17.4 Å². The predicted molar refractivity (Wildman–Crippen MR) is 45.2 cm³/mol. The van der Waals surface area contributed by atoms with Crippen LogP contribution in [0.25, 0.3) is 6.08 Å². The van der Waals surface area contributed by atoms with Crippen LogP contribution in [0.15, 0.2) is 17.5 Å². The Bertz CT molecular complexity index is 225. The van der Waals surface area contributed by atoms with E-state index in [1.54, 1.807) is 17.4 Å². The van der Waals surface area contributed by atoms with Crippen LogP contribution in [-0.4, -0.2) is 11.7 Å². The number of aliphatic hydroxyl groups is 1. The van der Waals surface area contributed by atoms with E-state index in [1.807, 2.05) is 11.5 Å². The molecule has 0 amide bonds. The van der Waals surface area contributed by atoms with Gasteiger partial charge in [-0.25, -0.2) is 0 Å². The summed E-state index contributed by atoms with van der Waals surface area (Å²) >= 11 is 1.69. The van der Waals surface area contributed by atoms with E-state index in [-0.39, 0.29) is 6.61 Å². The first-order valence-corrected chi connectivity index (χ1v) is 4.04. The minimum absolute atomic E-state index is 0.122. The molecule has 0 aromatic carbocycles. The smallest absolute Gasteiger partial charge is 0.0615 e. The van der Waals surface area contributed by atoms with Crippen LogP contribution in [0, 0.1) is 6.92 Å². The lowest BCUT2D eigenvalue weighted by molar-refractivity contribution is 0.343. The van der Waals surface area contributed by atoms with Gasteiger partial charge in [-0.3, -0.25) is 0 Å². The number of aliphatic hydroxyl groups excluding tert-OH is 1. The van der Waals surface area contributed by atoms with Crippen molar-refractivity contribution < 1.29 is 5.11 Å². The largest absolute Gasteiger partial charge is 0.392 e. The number of aryl methyl sites for hydroxylation is 1. The molecule has 1 aromatic heterocycles. The Morgan fingerprint density at radius 1 is 1.70 bits per heavy atom. The molecular formula is C8H10OS. The Labute approximate surface area is 64.6 Å². The summed E-state index contributed by atoms with van der Waals surface area (Å²) in [5, 5.41) is 10.5. The molecule has 0 saturated carbocycles. The highest BCUT2D eigenvalue weighted by atomic mass is 32.1. The zero-order valence-corrected chi connectivity index (χ0v) is 6.69. The van der Waals surface area contributed by atoms with Crippen LogP contribution in [0.4, 0.5) is 0 Å². The maximum absolute atomic E-state index is 8.47. The molecule has 1 rings (SSSR count). The Morgan fingerprint density at radius 2 is 2.50 bits per heavy atom. The van der Waals surface area contributed by atoms with Crippen LogP contribution in [-0.2, 0) is 0 Å². The molecule has 0 aliphatic carbocycles. The van der Waals surface area contributed by atoms with E-state index >= 15 is 0 Å². The van der Waals surface area contributed by atoms with Crippen molar-refractivity contribution in [1.29, 1.82) is 0 Å². The van der Waals surface area contributed by atoms with Crippen molar-refractivity contribution in [3.8, 4) is 0 Å². The summed E-state index contributed by atoms with van der Waals surface area (Å²) in [5.74, 6) is 0. The standard InChI is InChI=1S/C8H10OS/c1-7-4-6-10-8(7)3-2-5-9/h2-4,6,9H,5H2,1H3. The normalized spacial score (nSPS) is 11.0. The lowest BCUT2D eigenvalue weighted by Crippen LogP contribution is -1.71. The summed E-state index contributed by atoms with van der Waals surface area (Å²) in [6, 6.07) is 2.07. The zero-order valence-electron chi connectivity index (χ0n) is 5.87. The van der Waals surface area contributed by atoms with Crippen LogP contribution in [0.3, 0.4) is 0 Å². The van der Waals surface area contributed by atoms with Gasteiger partial charge in [-0.15, -0.1) is 11.3 Å². The van der Waals surface area contributed by atoms with Gasteiger partial charge in [0, 0.05) is 4.88 Å². The van der Waals surface area contributed by atoms with Crippen LogP contribution < -0.4 is 0 Å². The summed E-state index contributed by atoms with van der Waals surface area (Å²) in [5.41, 5.74) is 1.27. The Kier molecular flexibility index (Phi) is 2.66. The third-order valence-electron chi connectivity index (χ3n) is 1.28. The molecule has 0 aliphatic rings. The van der Waals surface area contributed by atoms with E-state index in [4.69, 9.17) is 5.11 Å². The zero-order chi connectivity index (χ0) is 7.40. The van der Waals surface area contributed by atoms with Crippen LogP contribution in [0.5, 0.6) is 0 Å². The first kappa shape index (κ1) is 7.51. The number of rotatable bonds is 2. The molecule has 0 radical (unpaired) electrons. The molecule has 2 heteroatoms. The molecule has 0 unspecified atom stereocenters. The van der Waals surface area contributed by atoms with Gasteiger partial charge < -0.3 is 5.11 Å². The minimum Gasteiger partial charge on any atom is -0.392 e. The van der Waals surface area contributed by atoms with Gasteiger partial charge in [-0.05, 0) is 30.0 Å². The van der Waals surface area contributed by atoms with Crippen molar-refractivity contribution in [1.82, 2.24) is 0 Å². The second-order valence-electron chi connectivity index (χ2n) is 2.05. The summed E-state index contributed by atoms with van der Waals surface area (Å²) in [4.78, 5) is 1.23. The van der Waals surface area contributed by atoms with Gasteiger partial charge >= 0.3 is 0 Å². The van der Waals surface area contributed by atoms with Crippen LogP contribution in [0.1, 0.15) is 10.4 Å². The molecule has 1 aromatic rings. The Hall–Kier alpha value is -0.600. The first-order valence-electron chi connectivity index (χ1n) is 3.16. The molecule has 0 atom stereocenters. The SMILES string of the molecule is Cc1ccsc1C=CCO. The quantitative estimate of drug-likeness (QED) is 0.691. The molecule has 0 spiro atoms. The second-order valence-corrected chi connectivity index (χ2v) is 3.00. The average molecular weight is 154 g/mol. The number of hydrogen-bond donors (Lipinski definition) is 1. The van der Waals surface area contributed by atoms with Crippen molar-refractivity contribution in [2.24, 2.45) is 0 Å². The van der Waals surface area contributed by atoms with E-state index in [1.165, 1.54) is 10.4 Å². The minimum atomic E-state index is 0.122. The molecule has 0 saturated heterocycles. The molecular weight excluding hydrogens is 144 g/mol. The number of thiophene rings is 1. The van der Waals surface area contributed by atoms with E-state index in [2.05, 4.69) is 13.0 Å². The van der Waals surface area contributed by atoms with E-state index in [9.17, 15) is 0 Å². The monoisotopic (exact) mass is 154 g/mol. The Morgan fingerprint density at radius 3 is 3.00 bits per heavy atom. The van der Waals surface area contributed by atoms with E-state index < -0.39 is 0 Å². The van der Waals surface area contributed by atoms with Crippen molar-refractivity contribution in [2.45, 2.75) is 6.92 Å². The van der Waals surface area contributed by atoms with Gasteiger partial charge in [0.15, 0.2) is 0 Å². The molecule has 1 heterocycles. The molecule has 1 N–H and O–H groups in total. The fraction of sp³-hybridized carbons (Fsp3) is 0.250. The fourth-order valence-corrected chi connectivity index (χ4v) is 1.56. The lowest BCUT2D eigenvalue weighted by Gasteiger charge is -1.86. The topological polar surface area (TPSA) is 20.2 Å². The third-order valence-corrected chi connectivity index (χ3v) is 2.26. The maximum atomic E-state index is 8.47. The van der Waals surface area contributed by atoms with Gasteiger partial charge in [0.1, 0.15) is 0 Å². The highest BCUT2D eigenvalue weighted by Gasteiger charge is 1.91. The summed E-state index contributed by atoms with van der Waals surface area (Å²) in [6.07, 6.45) is 3.69. The van der Waals surface area contributed by atoms with Gasteiger partial charge in [0.05, 0.1) is 6.61 Å². The van der Waals surface area contributed by atoms with Gasteiger partial charge in [-0.1, -0.05) is 6.08 Å². The highest BCUT2D eigenvalue weighted by Crippen LogP contribution is 2.16. The van der Waals surface area contributed by atoms with Crippen LogP contribution in [0.2, 0.25) is 0 Å². The summed E-state index contributed by atoms with van der Waals surface area (Å²) in [7, 11) is 0. The molecule has 0 aliphatic heterocycles. The van der Waals surface area contributed by atoms with Gasteiger partial charge in [-0.2, -0.15) is 0 Å². The van der Waals surface area contributed by atoms with Crippen molar-refractivity contribution in [3.05, 3.63) is 28.0 Å². The van der Waals surface area contributed by atoms with Crippen molar-refractivity contribution in [3.63, 3.8) is 0 Å². The number of hydrogen-bond acceptors (Lipinski definition) is 2. The lowest BCUT2D eigenvalue weighted by atomic mass is 10.3. The molecule has 54 valence electrons. The fourth-order valence-electron chi connectivity index (χ4n) is 0.715. The molecule has 10 heavy (non-hydrogen) atoms. The van der Waals surface area contributed by atoms with Crippen LogP contribution >= 0.6 is 11.3 Å². The summed E-state index contributed by atoms with van der Waals surface area (Å²) in [6.45, 7) is 2.19. The average Bonchev–Trinajstić information content (AvgIpc) is 2.31. The third kappa shape index (κ3) is 1.69. The van der Waals surface area contributed by atoms with Crippen molar-refractivity contribution in [2.75, 3.05) is 6.61 Å². The Balaban J connectivity index is 2.74. The first-order chi connectivity index (χ1) is 4.84. The predicted octanol–water partition coefficient (Wildman–Crippen LogP) is 2.06. The second kappa shape index (κ2) is 3.54. The maximum Gasteiger partial charge on any atom is 0.0615 e. The van der Waals surface area contributed by atoms with E-state index in [0.29, 0.717) is 0 Å². The highest BCUT2D eigenvalue weighted by molar-refractivity contribution is 7.11. The van der Waals surface area contributed by atoms with Gasteiger partial charge in [0.25, 0.3) is 0 Å². The molecule has 0 fully saturated rings. The molecule has 0 bridgehead atoms.